The number of rotatable bonds is 6. The summed E-state index contributed by atoms with van der Waals surface area (Å²) in [6.45, 7) is 7.41. The molecule has 9 nitrogen and oxygen atoms in total. The Hall–Kier alpha value is -3.95. The van der Waals surface area contributed by atoms with Gasteiger partial charge in [0.1, 0.15) is 29.3 Å². The van der Waals surface area contributed by atoms with E-state index >= 15 is 0 Å². The van der Waals surface area contributed by atoms with Crippen molar-refractivity contribution in [1.82, 2.24) is 29.0 Å². The van der Waals surface area contributed by atoms with Crippen molar-refractivity contribution in [1.29, 1.82) is 10.5 Å². The third kappa shape index (κ3) is 3.25. The summed E-state index contributed by atoms with van der Waals surface area (Å²) < 4.78 is 3.83. The number of nitrogen functional groups attached to an aromatic ring is 1. The highest BCUT2D eigenvalue weighted by Crippen LogP contribution is 2.36. The highest BCUT2D eigenvalue weighted by atomic mass is 15.2. The van der Waals surface area contributed by atoms with Gasteiger partial charge in [0.2, 0.25) is 0 Å². The minimum atomic E-state index is -0.0177. The van der Waals surface area contributed by atoms with Gasteiger partial charge in [-0.05, 0) is 25.2 Å². The second kappa shape index (κ2) is 8.05. The van der Waals surface area contributed by atoms with Crippen LogP contribution in [0.2, 0.25) is 0 Å². The van der Waals surface area contributed by atoms with Gasteiger partial charge in [0.05, 0.1) is 16.6 Å². The molecule has 0 radical (unpaired) electrons. The lowest BCUT2D eigenvalue weighted by atomic mass is 10.2. The zero-order valence-corrected chi connectivity index (χ0v) is 17.8. The molecule has 0 aliphatic rings. The van der Waals surface area contributed by atoms with E-state index in [-0.39, 0.29) is 11.4 Å². The zero-order chi connectivity index (χ0) is 22.1. The van der Waals surface area contributed by atoms with Crippen molar-refractivity contribution < 1.29 is 0 Å². The van der Waals surface area contributed by atoms with Crippen molar-refractivity contribution in [2.24, 2.45) is 7.05 Å². The number of aryl methyl sites for hydroxylation is 1. The van der Waals surface area contributed by atoms with Crippen LogP contribution in [0.15, 0.2) is 24.3 Å². The van der Waals surface area contributed by atoms with Crippen LogP contribution in [0, 0.1) is 22.7 Å². The van der Waals surface area contributed by atoms with Gasteiger partial charge in [0.25, 0.3) is 0 Å². The Balaban J connectivity index is 2.00. The molecule has 4 aromatic rings. The molecule has 0 atom stereocenters. The number of nitrogens with two attached hydrogens (primary N) is 1. The number of benzene rings is 1. The third-order valence-corrected chi connectivity index (χ3v) is 5.67. The van der Waals surface area contributed by atoms with E-state index in [2.05, 4.69) is 28.7 Å². The maximum atomic E-state index is 9.49. The largest absolute Gasteiger partial charge is 0.384 e. The fraction of sp³-hybridized carbons (Fsp3) is 0.318. The molecule has 0 aliphatic carbocycles. The van der Waals surface area contributed by atoms with Crippen molar-refractivity contribution in [3.05, 3.63) is 35.7 Å². The number of imidazole rings is 1. The molecule has 0 bridgehead atoms. The number of anilines is 1. The molecule has 0 saturated heterocycles. The molecule has 0 fully saturated rings. The van der Waals surface area contributed by atoms with E-state index in [0.717, 1.165) is 30.7 Å². The Labute approximate surface area is 180 Å². The van der Waals surface area contributed by atoms with E-state index in [1.165, 1.54) is 0 Å². The topological polar surface area (TPSA) is 125 Å². The average Bonchev–Trinajstić information content (AvgIpc) is 3.26. The Bertz CT molecular complexity index is 1360. The average molecular weight is 413 g/mol. The van der Waals surface area contributed by atoms with Crippen molar-refractivity contribution in [3.8, 4) is 23.5 Å². The van der Waals surface area contributed by atoms with Crippen LogP contribution in [0.5, 0.6) is 0 Å². The minimum absolute atomic E-state index is 0.00635. The molecule has 0 aliphatic heterocycles. The van der Waals surface area contributed by atoms with Crippen LogP contribution in [0.1, 0.15) is 25.2 Å². The fourth-order valence-electron chi connectivity index (χ4n) is 3.91. The van der Waals surface area contributed by atoms with E-state index in [0.29, 0.717) is 34.9 Å². The zero-order valence-electron chi connectivity index (χ0n) is 17.8. The van der Waals surface area contributed by atoms with Crippen LogP contribution < -0.4 is 5.73 Å². The molecule has 156 valence electrons. The van der Waals surface area contributed by atoms with Crippen LogP contribution in [-0.4, -0.2) is 48.6 Å². The maximum Gasteiger partial charge on any atom is 0.179 e. The number of hydrogen-bond donors (Lipinski definition) is 1. The summed E-state index contributed by atoms with van der Waals surface area (Å²) in [4.78, 5) is 16.0. The first-order chi connectivity index (χ1) is 15.0. The molecule has 31 heavy (non-hydrogen) atoms. The van der Waals surface area contributed by atoms with Gasteiger partial charge in [-0.2, -0.15) is 10.5 Å². The smallest absolute Gasteiger partial charge is 0.179 e. The van der Waals surface area contributed by atoms with Crippen LogP contribution in [0.25, 0.3) is 33.6 Å². The molecule has 1 aromatic carbocycles. The number of para-hydroxylation sites is 2. The minimum Gasteiger partial charge on any atom is -0.384 e. The Morgan fingerprint density at radius 2 is 1.71 bits per heavy atom. The SMILES string of the molecule is CCN(CC)CCn1c(N)c(-c2nc3ccccc3n2C)c2nc(C#N)c(C#N)nc21. The third-order valence-electron chi connectivity index (χ3n) is 5.67. The quantitative estimate of drug-likeness (QED) is 0.515. The molecule has 9 heteroatoms. The van der Waals surface area contributed by atoms with E-state index < -0.39 is 0 Å². The summed E-state index contributed by atoms with van der Waals surface area (Å²) in [6, 6.07) is 11.8. The number of hydrogen-bond acceptors (Lipinski definition) is 7. The monoisotopic (exact) mass is 413 g/mol. The molecule has 3 aromatic heterocycles. The summed E-state index contributed by atoms with van der Waals surface area (Å²) in [6.07, 6.45) is 0. The lowest BCUT2D eigenvalue weighted by Crippen LogP contribution is -2.27. The second-order valence-electron chi connectivity index (χ2n) is 7.24. The Morgan fingerprint density at radius 3 is 2.35 bits per heavy atom. The van der Waals surface area contributed by atoms with Crippen molar-refractivity contribution in [2.75, 3.05) is 25.4 Å². The molecule has 0 spiro atoms. The normalized spacial score (nSPS) is 11.3. The van der Waals surface area contributed by atoms with E-state index in [1.54, 1.807) is 0 Å². The maximum absolute atomic E-state index is 9.49. The van der Waals surface area contributed by atoms with Crippen LogP contribution in [0.3, 0.4) is 0 Å². The van der Waals surface area contributed by atoms with E-state index in [9.17, 15) is 10.5 Å². The highest BCUT2D eigenvalue weighted by molar-refractivity contribution is 5.99. The molecular formula is C22H23N9. The predicted octanol–water partition coefficient (Wildman–Crippen LogP) is 2.65. The van der Waals surface area contributed by atoms with Crippen LogP contribution in [0.4, 0.5) is 5.82 Å². The molecule has 0 unspecified atom stereocenters. The van der Waals surface area contributed by atoms with Crippen LogP contribution in [-0.2, 0) is 13.6 Å². The highest BCUT2D eigenvalue weighted by Gasteiger charge is 2.25. The molecule has 0 amide bonds. The summed E-state index contributed by atoms with van der Waals surface area (Å²) in [5, 5.41) is 18.9. The van der Waals surface area contributed by atoms with Gasteiger partial charge in [0, 0.05) is 20.1 Å². The molecular weight excluding hydrogens is 390 g/mol. The predicted molar refractivity (Wildman–Crippen MR) is 119 cm³/mol. The number of nitrogens with zero attached hydrogens (tertiary/aromatic N) is 8. The first-order valence-electron chi connectivity index (χ1n) is 10.2. The number of nitriles is 2. The van der Waals surface area contributed by atoms with Gasteiger partial charge in [-0.25, -0.2) is 15.0 Å². The van der Waals surface area contributed by atoms with Gasteiger partial charge in [-0.1, -0.05) is 26.0 Å². The van der Waals surface area contributed by atoms with Crippen LogP contribution >= 0.6 is 0 Å². The number of aromatic nitrogens is 5. The summed E-state index contributed by atoms with van der Waals surface area (Å²) >= 11 is 0. The van der Waals surface area contributed by atoms with Crippen molar-refractivity contribution >= 4 is 28.0 Å². The Morgan fingerprint density at radius 1 is 1.03 bits per heavy atom. The van der Waals surface area contributed by atoms with Gasteiger partial charge >= 0.3 is 0 Å². The summed E-state index contributed by atoms with van der Waals surface area (Å²) in [5.74, 6) is 1.12. The van der Waals surface area contributed by atoms with Gasteiger partial charge in [-0.15, -0.1) is 0 Å². The van der Waals surface area contributed by atoms with Crippen molar-refractivity contribution in [2.45, 2.75) is 20.4 Å². The standard InChI is InChI=1S/C22H23N9/c1-4-30(5-2)10-11-31-20(25)18(19-22(31)28-16(13-24)15(12-23)26-19)21-27-14-8-6-7-9-17(14)29(21)3/h6-9H,4-5,10-11,25H2,1-3H3. The first-order valence-corrected chi connectivity index (χ1v) is 10.2. The van der Waals surface area contributed by atoms with Gasteiger partial charge < -0.3 is 19.8 Å². The second-order valence-corrected chi connectivity index (χ2v) is 7.24. The fourth-order valence-corrected chi connectivity index (χ4v) is 3.91. The number of likely N-dealkylation sites (N-methyl/N-ethyl adjacent to an activating group) is 1. The molecule has 2 N–H and O–H groups in total. The Kier molecular flexibility index (Phi) is 5.28. The van der Waals surface area contributed by atoms with Crippen molar-refractivity contribution in [3.63, 3.8) is 0 Å². The lowest BCUT2D eigenvalue weighted by Gasteiger charge is -2.19. The van der Waals surface area contributed by atoms with Gasteiger partial charge in [-0.3, -0.25) is 0 Å². The lowest BCUT2D eigenvalue weighted by molar-refractivity contribution is 0.292. The van der Waals surface area contributed by atoms with E-state index in [1.807, 2.05) is 52.6 Å². The van der Waals surface area contributed by atoms with Gasteiger partial charge in [0.15, 0.2) is 17.0 Å². The first kappa shape index (κ1) is 20.3. The van der Waals surface area contributed by atoms with E-state index in [4.69, 9.17) is 10.7 Å². The molecule has 0 saturated carbocycles. The summed E-state index contributed by atoms with van der Waals surface area (Å²) in [7, 11) is 1.92. The molecule has 3 heterocycles. The molecule has 4 rings (SSSR count). The number of fused-ring (bicyclic) bond motifs is 2. The summed E-state index contributed by atoms with van der Waals surface area (Å²) in [5.41, 5.74) is 10.0.